The van der Waals surface area contributed by atoms with Gasteiger partial charge in [0.15, 0.2) is 17.2 Å². The lowest BCUT2D eigenvalue weighted by Gasteiger charge is -1.90. The molecule has 2 N–H and O–H groups in total. The summed E-state index contributed by atoms with van der Waals surface area (Å²) in [7, 11) is 0. The van der Waals surface area contributed by atoms with Crippen molar-refractivity contribution in [2.24, 2.45) is 5.73 Å². The van der Waals surface area contributed by atoms with Crippen LogP contribution in [-0.4, -0.2) is 21.7 Å². The zero-order chi connectivity index (χ0) is 10.1. The average Bonchev–Trinajstić information content (AvgIpc) is 2.62. The van der Waals surface area contributed by atoms with Crippen LogP contribution in [-0.2, 0) is 0 Å². The Labute approximate surface area is 79.2 Å². The van der Waals surface area contributed by atoms with Gasteiger partial charge in [-0.25, -0.2) is 9.37 Å². The number of fused-ring (bicyclic) bond motifs is 1. The van der Waals surface area contributed by atoms with Gasteiger partial charge in [-0.3, -0.25) is 4.79 Å². The Morgan fingerprint density at radius 2 is 2.43 bits per heavy atom. The highest BCUT2D eigenvalue weighted by molar-refractivity contribution is 5.96. The fourth-order valence-corrected chi connectivity index (χ4v) is 1.22. The molecule has 0 saturated heterocycles. The summed E-state index contributed by atoms with van der Waals surface area (Å²) in [6, 6.07) is 2.83. The summed E-state index contributed by atoms with van der Waals surface area (Å²) >= 11 is 0. The van der Waals surface area contributed by atoms with Crippen molar-refractivity contribution in [3.63, 3.8) is 0 Å². The first-order valence-electron chi connectivity index (χ1n) is 4.09. The van der Waals surface area contributed by atoms with Crippen molar-refractivity contribution >= 4 is 11.4 Å². The van der Waals surface area contributed by atoms with Gasteiger partial charge in [-0.1, -0.05) is 0 Å². The standard InChI is InChI=1S/C9H8FN3O/c10-6-2-1-3-13-5-7(8(14)4-11)12-9(6)13/h1-3,5H,4,11H2. The van der Waals surface area contributed by atoms with Crippen molar-refractivity contribution in [2.75, 3.05) is 6.54 Å². The summed E-state index contributed by atoms with van der Waals surface area (Å²) in [5, 5.41) is 0. The molecule has 0 aliphatic rings. The Balaban J connectivity index is 2.62. The van der Waals surface area contributed by atoms with Gasteiger partial charge in [0.1, 0.15) is 5.69 Å². The molecule has 0 amide bonds. The number of nitrogens with two attached hydrogens (primary N) is 1. The molecule has 5 heteroatoms. The third-order valence-electron chi connectivity index (χ3n) is 1.91. The van der Waals surface area contributed by atoms with Crippen LogP contribution in [0.5, 0.6) is 0 Å². The van der Waals surface area contributed by atoms with E-state index in [-0.39, 0.29) is 23.7 Å². The van der Waals surface area contributed by atoms with Crippen molar-refractivity contribution < 1.29 is 9.18 Å². The average molecular weight is 193 g/mol. The van der Waals surface area contributed by atoms with Crippen LogP contribution >= 0.6 is 0 Å². The van der Waals surface area contributed by atoms with Crippen LogP contribution in [0.3, 0.4) is 0 Å². The van der Waals surface area contributed by atoms with Gasteiger partial charge in [-0.05, 0) is 12.1 Å². The molecular weight excluding hydrogens is 185 g/mol. The second-order valence-electron chi connectivity index (χ2n) is 2.84. The lowest BCUT2D eigenvalue weighted by atomic mass is 10.3. The van der Waals surface area contributed by atoms with Gasteiger partial charge in [-0.15, -0.1) is 0 Å². The SMILES string of the molecule is NCC(=O)c1cn2cccc(F)c2n1. The number of ketones is 1. The molecule has 0 spiro atoms. The van der Waals surface area contributed by atoms with E-state index in [1.807, 2.05) is 0 Å². The molecule has 0 bridgehead atoms. The molecule has 0 aliphatic heterocycles. The van der Waals surface area contributed by atoms with Gasteiger partial charge in [0.2, 0.25) is 0 Å². The van der Waals surface area contributed by atoms with E-state index in [2.05, 4.69) is 4.98 Å². The van der Waals surface area contributed by atoms with Crippen LogP contribution in [0.2, 0.25) is 0 Å². The van der Waals surface area contributed by atoms with Crippen molar-refractivity contribution in [3.05, 3.63) is 36.0 Å². The van der Waals surface area contributed by atoms with Crippen LogP contribution in [0.15, 0.2) is 24.5 Å². The molecule has 14 heavy (non-hydrogen) atoms. The number of pyridine rings is 1. The van der Waals surface area contributed by atoms with Crippen LogP contribution in [0, 0.1) is 5.82 Å². The van der Waals surface area contributed by atoms with Gasteiger partial charge in [0.25, 0.3) is 0 Å². The van der Waals surface area contributed by atoms with E-state index in [9.17, 15) is 9.18 Å². The number of carbonyl (C=O) groups is 1. The largest absolute Gasteiger partial charge is 0.324 e. The Morgan fingerprint density at radius 3 is 3.07 bits per heavy atom. The molecular formula is C9H8FN3O. The molecule has 0 aromatic carbocycles. The summed E-state index contributed by atoms with van der Waals surface area (Å²) in [5.74, 6) is -0.753. The smallest absolute Gasteiger partial charge is 0.196 e. The normalized spacial score (nSPS) is 10.7. The van der Waals surface area contributed by atoms with E-state index in [4.69, 9.17) is 5.73 Å². The summed E-state index contributed by atoms with van der Waals surface area (Å²) in [6.07, 6.45) is 3.09. The number of hydrogen-bond acceptors (Lipinski definition) is 3. The lowest BCUT2D eigenvalue weighted by molar-refractivity contribution is 0.0997. The zero-order valence-corrected chi connectivity index (χ0v) is 7.27. The van der Waals surface area contributed by atoms with Crippen LogP contribution < -0.4 is 5.73 Å². The first-order valence-corrected chi connectivity index (χ1v) is 4.09. The molecule has 4 nitrogen and oxygen atoms in total. The molecule has 0 unspecified atom stereocenters. The highest BCUT2D eigenvalue weighted by Gasteiger charge is 2.10. The minimum absolute atomic E-state index is 0.120. The summed E-state index contributed by atoms with van der Waals surface area (Å²) in [4.78, 5) is 15.0. The third-order valence-corrected chi connectivity index (χ3v) is 1.91. The first-order chi connectivity index (χ1) is 6.72. The second-order valence-corrected chi connectivity index (χ2v) is 2.84. The Morgan fingerprint density at radius 1 is 1.64 bits per heavy atom. The number of nitrogens with zero attached hydrogens (tertiary/aromatic N) is 2. The molecule has 72 valence electrons. The van der Waals surface area contributed by atoms with E-state index in [0.29, 0.717) is 0 Å². The zero-order valence-electron chi connectivity index (χ0n) is 7.27. The minimum Gasteiger partial charge on any atom is -0.324 e. The van der Waals surface area contributed by atoms with Gasteiger partial charge in [-0.2, -0.15) is 0 Å². The van der Waals surface area contributed by atoms with E-state index in [1.54, 1.807) is 12.3 Å². The minimum atomic E-state index is -0.455. The Kier molecular flexibility index (Phi) is 2.01. The molecule has 0 radical (unpaired) electrons. The van der Waals surface area contributed by atoms with Crippen molar-refractivity contribution in [2.45, 2.75) is 0 Å². The van der Waals surface area contributed by atoms with Crippen LogP contribution in [0.25, 0.3) is 5.65 Å². The molecule has 0 atom stereocenters. The number of carbonyl (C=O) groups excluding carboxylic acids is 1. The number of rotatable bonds is 2. The Hall–Kier alpha value is -1.75. The summed E-state index contributed by atoms with van der Waals surface area (Å²) in [6.45, 7) is -0.120. The van der Waals surface area contributed by atoms with E-state index in [1.165, 1.54) is 16.7 Å². The topological polar surface area (TPSA) is 60.4 Å². The highest BCUT2D eigenvalue weighted by Crippen LogP contribution is 2.09. The molecule has 0 saturated carbocycles. The fourth-order valence-electron chi connectivity index (χ4n) is 1.22. The number of imidazole rings is 1. The van der Waals surface area contributed by atoms with E-state index >= 15 is 0 Å². The number of hydrogen-bond donors (Lipinski definition) is 1. The van der Waals surface area contributed by atoms with Gasteiger partial charge < -0.3 is 10.1 Å². The quantitative estimate of drug-likeness (QED) is 0.711. The molecule has 2 aromatic heterocycles. The predicted molar refractivity (Wildman–Crippen MR) is 48.5 cm³/mol. The Bertz CT molecular complexity index is 492. The monoisotopic (exact) mass is 193 g/mol. The summed E-state index contributed by atoms with van der Waals surface area (Å²) in [5.41, 5.74) is 5.51. The third kappa shape index (κ3) is 1.27. The molecule has 0 fully saturated rings. The number of aromatic nitrogens is 2. The molecule has 2 rings (SSSR count). The van der Waals surface area contributed by atoms with Crippen molar-refractivity contribution in [1.29, 1.82) is 0 Å². The maximum atomic E-state index is 13.1. The first kappa shape index (κ1) is 8.83. The molecule has 2 aromatic rings. The van der Waals surface area contributed by atoms with Gasteiger partial charge in [0, 0.05) is 12.4 Å². The fraction of sp³-hybridized carbons (Fsp3) is 0.111. The maximum absolute atomic E-state index is 13.1. The number of Topliss-reactive ketones (excluding diaryl/α,β-unsaturated/α-hetero) is 1. The maximum Gasteiger partial charge on any atom is 0.196 e. The molecule has 2 heterocycles. The second kappa shape index (κ2) is 3.19. The van der Waals surface area contributed by atoms with Gasteiger partial charge >= 0.3 is 0 Å². The van der Waals surface area contributed by atoms with E-state index in [0.717, 1.165) is 0 Å². The lowest BCUT2D eigenvalue weighted by Crippen LogP contribution is -2.13. The predicted octanol–water partition coefficient (Wildman–Crippen LogP) is 0.615. The highest BCUT2D eigenvalue weighted by atomic mass is 19.1. The summed E-state index contributed by atoms with van der Waals surface area (Å²) < 4.78 is 14.6. The van der Waals surface area contributed by atoms with Crippen molar-refractivity contribution in [3.8, 4) is 0 Å². The van der Waals surface area contributed by atoms with Crippen molar-refractivity contribution in [1.82, 2.24) is 9.38 Å². The van der Waals surface area contributed by atoms with Gasteiger partial charge in [0.05, 0.1) is 6.54 Å². The van der Waals surface area contributed by atoms with Crippen LogP contribution in [0.1, 0.15) is 10.5 Å². The molecule has 0 aliphatic carbocycles. The number of halogens is 1. The van der Waals surface area contributed by atoms with E-state index < -0.39 is 5.82 Å². The van der Waals surface area contributed by atoms with Crippen LogP contribution in [0.4, 0.5) is 4.39 Å².